The molecule has 0 N–H and O–H groups in total. The highest BCUT2D eigenvalue weighted by Gasteiger charge is 2.51. The molecule has 3 heteroatoms. The van der Waals surface area contributed by atoms with Gasteiger partial charge < -0.3 is 4.90 Å². The van der Waals surface area contributed by atoms with E-state index in [0.29, 0.717) is 11.4 Å². The molecule has 0 spiro atoms. The maximum absolute atomic E-state index is 13.0. The lowest BCUT2D eigenvalue weighted by atomic mass is 10.1. The number of likely N-dealkylation sites (tertiary alicyclic amines) is 1. The molecule has 1 saturated heterocycles. The molecule has 0 bridgehead atoms. The monoisotopic (exact) mass is 337 g/mol. The highest BCUT2D eigenvalue weighted by molar-refractivity contribution is 6.91. The van der Waals surface area contributed by atoms with Gasteiger partial charge in [-0.05, 0) is 18.0 Å². The molecule has 3 rings (SSSR count). The van der Waals surface area contributed by atoms with Crippen molar-refractivity contribution in [3.05, 3.63) is 66.2 Å². The van der Waals surface area contributed by atoms with E-state index in [2.05, 4.69) is 74.3 Å². The highest BCUT2D eigenvalue weighted by atomic mass is 28.3. The molecule has 126 valence electrons. The largest absolute Gasteiger partial charge is 0.335 e. The quantitative estimate of drug-likeness (QED) is 0.771. The smallest absolute Gasteiger partial charge is 0.226 e. The molecule has 2 aromatic carbocycles. The summed E-state index contributed by atoms with van der Waals surface area (Å²) in [6.07, 6.45) is 0. The second-order valence-electron chi connectivity index (χ2n) is 7.59. The molecule has 3 atom stereocenters. The van der Waals surface area contributed by atoms with Crippen molar-refractivity contribution < 1.29 is 4.79 Å². The molecule has 0 aliphatic carbocycles. The van der Waals surface area contributed by atoms with Crippen LogP contribution in [0.25, 0.3) is 0 Å². The van der Waals surface area contributed by atoms with Crippen LogP contribution in [0.5, 0.6) is 0 Å². The van der Waals surface area contributed by atoms with Crippen LogP contribution >= 0.6 is 0 Å². The van der Waals surface area contributed by atoms with Gasteiger partial charge in [0.15, 0.2) is 0 Å². The Morgan fingerprint density at radius 1 is 0.917 bits per heavy atom. The Morgan fingerprint density at radius 3 is 2.04 bits per heavy atom. The molecule has 1 aliphatic rings. The van der Waals surface area contributed by atoms with E-state index >= 15 is 0 Å². The fourth-order valence-corrected chi connectivity index (χ4v) is 8.73. The van der Waals surface area contributed by atoms with Crippen LogP contribution < -0.4 is 5.19 Å². The zero-order valence-corrected chi connectivity index (χ0v) is 16.1. The number of benzene rings is 2. The predicted octanol–water partition coefficient (Wildman–Crippen LogP) is 4.04. The fourth-order valence-electron chi connectivity index (χ4n) is 4.52. The van der Waals surface area contributed by atoms with Crippen molar-refractivity contribution >= 4 is 19.2 Å². The van der Waals surface area contributed by atoms with Gasteiger partial charge in [0.25, 0.3) is 0 Å². The van der Waals surface area contributed by atoms with E-state index in [-0.39, 0.29) is 12.0 Å². The summed E-state index contributed by atoms with van der Waals surface area (Å²) in [5, 5.41) is 1.45. The zero-order valence-electron chi connectivity index (χ0n) is 15.1. The predicted molar refractivity (Wildman–Crippen MR) is 103 cm³/mol. The van der Waals surface area contributed by atoms with Crippen LogP contribution in [0.2, 0.25) is 18.6 Å². The van der Waals surface area contributed by atoms with E-state index in [1.54, 1.807) is 0 Å². The maximum Gasteiger partial charge on any atom is 0.226 e. The fraction of sp³-hybridized carbons (Fsp3) is 0.381. The van der Waals surface area contributed by atoms with E-state index in [0.717, 1.165) is 6.54 Å². The summed E-state index contributed by atoms with van der Waals surface area (Å²) in [4.78, 5) is 15.1. The van der Waals surface area contributed by atoms with Gasteiger partial charge in [0.2, 0.25) is 5.91 Å². The van der Waals surface area contributed by atoms with Gasteiger partial charge in [-0.1, -0.05) is 85.9 Å². The Labute approximate surface area is 146 Å². The Bertz CT molecular complexity index is 698. The number of amides is 1. The molecule has 1 heterocycles. The number of carbonyl (C=O) groups excluding carboxylic acids is 1. The lowest BCUT2D eigenvalue weighted by molar-refractivity contribution is -0.132. The minimum absolute atomic E-state index is 0.102. The molecule has 2 aromatic rings. The van der Waals surface area contributed by atoms with Crippen molar-refractivity contribution in [2.24, 2.45) is 5.92 Å². The Morgan fingerprint density at radius 2 is 1.46 bits per heavy atom. The van der Waals surface area contributed by atoms with Gasteiger partial charge in [0.1, 0.15) is 0 Å². The average Bonchev–Trinajstić information content (AvgIpc) is 2.80. The summed E-state index contributed by atoms with van der Waals surface area (Å²) >= 11 is 0. The van der Waals surface area contributed by atoms with Crippen LogP contribution in [0.3, 0.4) is 0 Å². The SMILES string of the molecule is C[C@@H]1[C@@H]([Si](C)(C)c2ccccc2)[C@@H](C)C(=O)N1Cc1ccccc1. The first-order valence-electron chi connectivity index (χ1n) is 8.83. The second kappa shape index (κ2) is 6.56. The van der Waals surface area contributed by atoms with Crippen molar-refractivity contribution in [1.82, 2.24) is 4.90 Å². The van der Waals surface area contributed by atoms with Crippen molar-refractivity contribution in [1.29, 1.82) is 0 Å². The summed E-state index contributed by atoms with van der Waals surface area (Å²) in [5.74, 6) is 0.415. The zero-order chi connectivity index (χ0) is 17.3. The van der Waals surface area contributed by atoms with Gasteiger partial charge in [-0.2, -0.15) is 0 Å². The van der Waals surface area contributed by atoms with E-state index in [4.69, 9.17) is 0 Å². The van der Waals surface area contributed by atoms with Gasteiger partial charge >= 0.3 is 0 Å². The minimum Gasteiger partial charge on any atom is -0.335 e. The minimum atomic E-state index is -1.74. The molecule has 1 amide bonds. The summed E-state index contributed by atoms with van der Waals surface area (Å²) in [7, 11) is -1.74. The topological polar surface area (TPSA) is 20.3 Å². The van der Waals surface area contributed by atoms with Crippen LogP contribution in [-0.4, -0.2) is 24.9 Å². The first kappa shape index (κ1) is 17.0. The van der Waals surface area contributed by atoms with E-state index in [9.17, 15) is 4.79 Å². The standard InChI is InChI=1S/C21H27NOSi/c1-16-20(24(3,4)19-13-9-6-10-14-19)17(2)22(21(16)23)15-18-11-7-5-8-12-18/h5-14,16-17,20H,15H2,1-4H3/t16-,17-,20+/m1/s1. The van der Waals surface area contributed by atoms with Gasteiger partial charge in [0, 0.05) is 18.5 Å². The lowest BCUT2D eigenvalue weighted by Gasteiger charge is -2.36. The summed E-state index contributed by atoms with van der Waals surface area (Å²) in [6, 6.07) is 21.4. The lowest BCUT2D eigenvalue weighted by Crippen LogP contribution is -2.50. The Balaban J connectivity index is 1.89. The van der Waals surface area contributed by atoms with Gasteiger partial charge in [-0.15, -0.1) is 0 Å². The van der Waals surface area contributed by atoms with Crippen LogP contribution in [0, 0.1) is 5.92 Å². The van der Waals surface area contributed by atoms with E-state index in [1.807, 2.05) is 18.2 Å². The number of hydrogen-bond acceptors (Lipinski definition) is 1. The van der Waals surface area contributed by atoms with Crippen molar-refractivity contribution in [2.75, 3.05) is 0 Å². The number of hydrogen-bond donors (Lipinski definition) is 0. The van der Waals surface area contributed by atoms with Crippen LogP contribution in [0.15, 0.2) is 60.7 Å². The van der Waals surface area contributed by atoms with E-state index < -0.39 is 8.07 Å². The summed E-state index contributed by atoms with van der Waals surface area (Å²) in [6.45, 7) is 9.93. The van der Waals surface area contributed by atoms with E-state index in [1.165, 1.54) is 10.8 Å². The summed E-state index contributed by atoms with van der Waals surface area (Å²) in [5.41, 5.74) is 1.65. The average molecular weight is 338 g/mol. The third kappa shape index (κ3) is 2.93. The van der Waals surface area contributed by atoms with Crippen LogP contribution in [-0.2, 0) is 11.3 Å². The van der Waals surface area contributed by atoms with Gasteiger partial charge in [0.05, 0.1) is 8.07 Å². The van der Waals surface area contributed by atoms with Crippen molar-refractivity contribution in [3.8, 4) is 0 Å². The van der Waals surface area contributed by atoms with Gasteiger partial charge in [-0.25, -0.2) is 0 Å². The van der Waals surface area contributed by atoms with Crippen LogP contribution in [0.1, 0.15) is 19.4 Å². The third-order valence-corrected chi connectivity index (χ3v) is 10.2. The molecule has 1 aliphatic heterocycles. The number of carbonyl (C=O) groups is 1. The van der Waals surface area contributed by atoms with Crippen molar-refractivity contribution in [3.63, 3.8) is 0 Å². The molecule has 24 heavy (non-hydrogen) atoms. The number of rotatable bonds is 4. The van der Waals surface area contributed by atoms with Crippen molar-refractivity contribution in [2.45, 2.75) is 45.1 Å². The molecular weight excluding hydrogens is 310 g/mol. The molecule has 2 nitrogen and oxygen atoms in total. The summed E-state index contributed by atoms with van der Waals surface area (Å²) < 4.78 is 0. The molecule has 1 fully saturated rings. The molecule has 0 aromatic heterocycles. The molecular formula is C21H27NOSi. The molecule has 0 radical (unpaired) electrons. The second-order valence-corrected chi connectivity index (χ2v) is 12.3. The number of nitrogens with zero attached hydrogens (tertiary/aromatic N) is 1. The maximum atomic E-state index is 13.0. The Hall–Kier alpha value is -1.87. The molecule has 0 saturated carbocycles. The third-order valence-electron chi connectivity index (χ3n) is 5.77. The first-order valence-corrected chi connectivity index (χ1v) is 11.9. The Kier molecular flexibility index (Phi) is 4.64. The normalized spacial score (nSPS) is 24.4. The van der Waals surface area contributed by atoms with Gasteiger partial charge in [-0.3, -0.25) is 4.79 Å². The highest BCUT2D eigenvalue weighted by Crippen LogP contribution is 2.43. The molecule has 0 unspecified atom stereocenters. The van der Waals surface area contributed by atoms with Crippen LogP contribution in [0.4, 0.5) is 0 Å². The first-order chi connectivity index (χ1) is 11.4.